The van der Waals surface area contributed by atoms with E-state index in [1.807, 2.05) is 52.3 Å². The van der Waals surface area contributed by atoms with Gasteiger partial charge in [-0.25, -0.2) is 4.98 Å². The Kier molecular flexibility index (Phi) is 7.06. The first-order chi connectivity index (χ1) is 15.1. The fourth-order valence-electron chi connectivity index (χ4n) is 4.10. The molecule has 4 rings (SSSR count). The Morgan fingerprint density at radius 1 is 0.935 bits per heavy atom. The standard InChI is InChI=1S/C23H27BrN4O3/c24-19-6-7-21(25-16-19)26-12-14-28(15-13-26)23(30)18-8-10-27(11-9-18)22(29)17-31-20-4-2-1-3-5-20/h1-7,16,18H,8-15,17H2. The molecular weight excluding hydrogens is 460 g/mol. The molecule has 2 aliphatic heterocycles. The van der Waals surface area contributed by atoms with Crippen LogP contribution in [0.15, 0.2) is 53.1 Å². The van der Waals surface area contributed by atoms with Gasteiger partial charge in [0.2, 0.25) is 5.91 Å². The average molecular weight is 487 g/mol. The highest BCUT2D eigenvalue weighted by Gasteiger charge is 2.32. The number of aromatic nitrogens is 1. The predicted molar refractivity (Wildman–Crippen MR) is 122 cm³/mol. The van der Waals surface area contributed by atoms with Crippen molar-refractivity contribution in [1.29, 1.82) is 0 Å². The highest BCUT2D eigenvalue weighted by Crippen LogP contribution is 2.22. The number of para-hydroxylation sites is 1. The Labute approximate surface area is 191 Å². The molecule has 2 amide bonds. The van der Waals surface area contributed by atoms with Gasteiger partial charge in [-0.05, 0) is 53.0 Å². The number of nitrogens with zero attached hydrogens (tertiary/aromatic N) is 4. The number of ether oxygens (including phenoxy) is 1. The molecule has 0 radical (unpaired) electrons. The second kappa shape index (κ2) is 10.1. The Morgan fingerprint density at radius 3 is 2.29 bits per heavy atom. The molecule has 0 N–H and O–H groups in total. The highest BCUT2D eigenvalue weighted by molar-refractivity contribution is 9.10. The van der Waals surface area contributed by atoms with Crippen LogP contribution in [-0.4, -0.2) is 72.5 Å². The Balaban J connectivity index is 1.20. The summed E-state index contributed by atoms with van der Waals surface area (Å²) in [5.74, 6) is 1.83. The molecular formula is C23H27BrN4O3. The lowest BCUT2D eigenvalue weighted by Crippen LogP contribution is -2.52. The number of pyridine rings is 1. The molecule has 2 saturated heterocycles. The van der Waals surface area contributed by atoms with E-state index in [0.29, 0.717) is 44.8 Å². The van der Waals surface area contributed by atoms with E-state index < -0.39 is 0 Å². The fourth-order valence-corrected chi connectivity index (χ4v) is 4.33. The molecule has 0 bridgehead atoms. The highest BCUT2D eigenvalue weighted by atomic mass is 79.9. The lowest BCUT2D eigenvalue weighted by atomic mass is 9.95. The first-order valence-electron chi connectivity index (χ1n) is 10.7. The topological polar surface area (TPSA) is 66.0 Å². The van der Waals surface area contributed by atoms with Gasteiger partial charge in [-0.1, -0.05) is 18.2 Å². The number of halogens is 1. The zero-order valence-electron chi connectivity index (χ0n) is 17.5. The number of benzene rings is 1. The van der Waals surface area contributed by atoms with Crippen molar-refractivity contribution in [2.24, 2.45) is 5.92 Å². The summed E-state index contributed by atoms with van der Waals surface area (Å²) >= 11 is 3.41. The summed E-state index contributed by atoms with van der Waals surface area (Å²) in [7, 11) is 0. The molecule has 0 atom stereocenters. The van der Waals surface area contributed by atoms with Crippen molar-refractivity contribution in [2.75, 3.05) is 50.8 Å². The van der Waals surface area contributed by atoms with Crippen LogP contribution in [0.5, 0.6) is 5.75 Å². The van der Waals surface area contributed by atoms with Gasteiger partial charge >= 0.3 is 0 Å². The largest absolute Gasteiger partial charge is 0.484 e. The fraction of sp³-hybridized carbons (Fsp3) is 0.435. The number of hydrogen-bond acceptors (Lipinski definition) is 5. The molecule has 2 aromatic rings. The molecule has 164 valence electrons. The number of anilines is 1. The number of amides is 2. The molecule has 3 heterocycles. The van der Waals surface area contributed by atoms with Crippen LogP contribution in [0.25, 0.3) is 0 Å². The van der Waals surface area contributed by atoms with Gasteiger partial charge < -0.3 is 19.4 Å². The molecule has 1 aromatic carbocycles. The predicted octanol–water partition coefficient (Wildman–Crippen LogP) is 2.81. The number of hydrogen-bond donors (Lipinski definition) is 0. The summed E-state index contributed by atoms with van der Waals surface area (Å²) in [4.78, 5) is 35.9. The van der Waals surface area contributed by atoms with Gasteiger partial charge in [0.1, 0.15) is 11.6 Å². The van der Waals surface area contributed by atoms with Crippen LogP contribution in [0.1, 0.15) is 12.8 Å². The molecule has 0 spiro atoms. The van der Waals surface area contributed by atoms with Crippen molar-refractivity contribution in [3.63, 3.8) is 0 Å². The third-order valence-electron chi connectivity index (χ3n) is 5.93. The van der Waals surface area contributed by atoms with Crippen LogP contribution >= 0.6 is 15.9 Å². The van der Waals surface area contributed by atoms with E-state index in [1.165, 1.54) is 0 Å². The second-order valence-electron chi connectivity index (χ2n) is 7.90. The van der Waals surface area contributed by atoms with Crippen molar-refractivity contribution in [2.45, 2.75) is 12.8 Å². The number of piperazine rings is 1. The Morgan fingerprint density at radius 2 is 1.65 bits per heavy atom. The van der Waals surface area contributed by atoms with Gasteiger partial charge in [-0.15, -0.1) is 0 Å². The maximum atomic E-state index is 13.0. The summed E-state index contributed by atoms with van der Waals surface area (Å²) in [6, 6.07) is 13.3. The molecule has 0 aliphatic carbocycles. The van der Waals surface area contributed by atoms with E-state index in [4.69, 9.17) is 4.74 Å². The van der Waals surface area contributed by atoms with Gasteiger partial charge in [-0.2, -0.15) is 0 Å². The van der Waals surface area contributed by atoms with Gasteiger partial charge in [0, 0.05) is 55.9 Å². The molecule has 0 saturated carbocycles. The van der Waals surface area contributed by atoms with E-state index >= 15 is 0 Å². The molecule has 0 unspecified atom stereocenters. The van der Waals surface area contributed by atoms with Crippen LogP contribution in [0, 0.1) is 5.92 Å². The van der Waals surface area contributed by atoms with Gasteiger partial charge in [-0.3, -0.25) is 9.59 Å². The van der Waals surface area contributed by atoms with E-state index in [1.54, 1.807) is 6.20 Å². The van der Waals surface area contributed by atoms with Crippen LogP contribution in [0.4, 0.5) is 5.82 Å². The zero-order valence-corrected chi connectivity index (χ0v) is 19.0. The summed E-state index contributed by atoms with van der Waals surface area (Å²) < 4.78 is 6.52. The summed E-state index contributed by atoms with van der Waals surface area (Å²) in [5, 5.41) is 0. The van der Waals surface area contributed by atoms with Gasteiger partial charge in [0.05, 0.1) is 0 Å². The normalized spacial score (nSPS) is 17.5. The van der Waals surface area contributed by atoms with Crippen molar-refractivity contribution in [3.05, 3.63) is 53.1 Å². The number of carbonyl (C=O) groups excluding carboxylic acids is 2. The summed E-state index contributed by atoms with van der Waals surface area (Å²) in [6.07, 6.45) is 3.22. The van der Waals surface area contributed by atoms with Crippen molar-refractivity contribution in [3.8, 4) is 5.75 Å². The maximum Gasteiger partial charge on any atom is 0.260 e. The second-order valence-corrected chi connectivity index (χ2v) is 8.82. The van der Waals surface area contributed by atoms with Crippen LogP contribution in [0.2, 0.25) is 0 Å². The third-order valence-corrected chi connectivity index (χ3v) is 6.40. The minimum absolute atomic E-state index is 0.00329. The molecule has 31 heavy (non-hydrogen) atoms. The Hall–Kier alpha value is -2.61. The number of carbonyl (C=O) groups is 2. The Bertz CT molecular complexity index is 877. The number of rotatable bonds is 5. The van der Waals surface area contributed by atoms with E-state index in [2.05, 4.69) is 25.8 Å². The van der Waals surface area contributed by atoms with Gasteiger partial charge in [0.15, 0.2) is 6.61 Å². The SMILES string of the molecule is O=C(COc1ccccc1)N1CCC(C(=O)N2CCN(c3ccc(Br)cn3)CC2)CC1. The first kappa shape index (κ1) is 21.6. The van der Waals surface area contributed by atoms with Gasteiger partial charge in [0.25, 0.3) is 5.91 Å². The lowest BCUT2D eigenvalue weighted by Gasteiger charge is -2.39. The smallest absolute Gasteiger partial charge is 0.260 e. The lowest BCUT2D eigenvalue weighted by molar-refractivity contribution is -0.141. The molecule has 2 aliphatic rings. The monoisotopic (exact) mass is 486 g/mol. The quantitative estimate of drug-likeness (QED) is 0.649. The summed E-state index contributed by atoms with van der Waals surface area (Å²) in [5.41, 5.74) is 0. The zero-order chi connectivity index (χ0) is 21.6. The number of likely N-dealkylation sites (tertiary alicyclic amines) is 1. The number of piperidine rings is 1. The molecule has 7 nitrogen and oxygen atoms in total. The minimum Gasteiger partial charge on any atom is -0.484 e. The third kappa shape index (κ3) is 5.55. The van der Waals surface area contributed by atoms with Crippen LogP contribution in [-0.2, 0) is 9.59 Å². The van der Waals surface area contributed by atoms with Crippen molar-refractivity contribution < 1.29 is 14.3 Å². The first-order valence-corrected chi connectivity index (χ1v) is 11.5. The van der Waals surface area contributed by atoms with E-state index in [9.17, 15) is 9.59 Å². The van der Waals surface area contributed by atoms with Crippen molar-refractivity contribution >= 4 is 33.6 Å². The molecule has 8 heteroatoms. The maximum absolute atomic E-state index is 13.0. The van der Waals surface area contributed by atoms with E-state index in [-0.39, 0.29) is 24.3 Å². The van der Waals surface area contributed by atoms with E-state index in [0.717, 1.165) is 23.4 Å². The molecule has 1 aromatic heterocycles. The van der Waals surface area contributed by atoms with Crippen molar-refractivity contribution in [1.82, 2.24) is 14.8 Å². The average Bonchev–Trinajstić information content (AvgIpc) is 2.83. The summed E-state index contributed by atoms with van der Waals surface area (Å²) in [6.45, 7) is 4.24. The minimum atomic E-state index is -0.0228. The van der Waals surface area contributed by atoms with Crippen LogP contribution in [0.3, 0.4) is 0 Å². The molecule has 2 fully saturated rings. The van der Waals surface area contributed by atoms with Crippen LogP contribution < -0.4 is 9.64 Å².